The molecule has 1 aromatic rings. The van der Waals surface area contributed by atoms with Crippen LogP contribution in [0.4, 0.5) is 0 Å². The van der Waals surface area contributed by atoms with Crippen molar-refractivity contribution in [3.8, 4) is 0 Å². The Morgan fingerprint density at radius 1 is 1.65 bits per heavy atom. The number of aromatic nitrogens is 1. The van der Waals surface area contributed by atoms with Crippen LogP contribution in [-0.4, -0.2) is 24.1 Å². The largest absolute Gasteiger partial charge is 1.00 e. The van der Waals surface area contributed by atoms with Crippen LogP contribution in [0, 0.1) is 10.1 Å². The lowest BCUT2D eigenvalue weighted by atomic mass is 10.2. The highest BCUT2D eigenvalue weighted by molar-refractivity contribution is 5.93. The Labute approximate surface area is 104 Å². The molecule has 0 spiro atoms. The second-order valence-corrected chi connectivity index (χ2v) is 3.07. The van der Waals surface area contributed by atoms with Crippen molar-refractivity contribution in [2.75, 3.05) is 13.2 Å². The van der Waals surface area contributed by atoms with Gasteiger partial charge in [-0.15, -0.1) is 10.1 Å². The number of rotatable bonds is 5. The standard InChI is InChI=1S/C9H11N3O4.ClH/c1-11-5-2-3-8(7-11)9(13)10-4-6-16-12(14)15;/h2-3,5,7H,4,6H2,1H3;1H. The van der Waals surface area contributed by atoms with E-state index in [2.05, 4.69) is 10.2 Å². The van der Waals surface area contributed by atoms with Gasteiger partial charge < -0.3 is 22.6 Å². The summed E-state index contributed by atoms with van der Waals surface area (Å²) in [5, 5.41) is 11.4. The molecular weight excluding hydrogens is 250 g/mol. The smallest absolute Gasteiger partial charge is 0.294 e. The molecule has 1 N–H and O–H groups in total. The third-order valence-electron chi connectivity index (χ3n) is 1.79. The average Bonchev–Trinajstić information content (AvgIpc) is 2.24. The van der Waals surface area contributed by atoms with E-state index in [-0.39, 0.29) is 31.5 Å². The lowest BCUT2D eigenvalue weighted by Crippen LogP contribution is -3.00. The summed E-state index contributed by atoms with van der Waals surface area (Å²) < 4.78 is 1.74. The molecule has 8 heteroatoms. The van der Waals surface area contributed by atoms with Crippen molar-refractivity contribution in [2.24, 2.45) is 7.05 Å². The fourth-order valence-electron chi connectivity index (χ4n) is 1.11. The summed E-state index contributed by atoms with van der Waals surface area (Å²) in [5.41, 5.74) is 0.492. The Morgan fingerprint density at radius 2 is 2.35 bits per heavy atom. The Bertz CT molecular complexity index is 400. The molecule has 0 saturated heterocycles. The summed E-state index contributed by atoms with van der Waals surface area (Å²) in [5.74, 6) is -0.289. The van der Waals surface area contributed by atoms with Gasteiger partial charge in [-0.3, -0.25) is 4.79 Å². The van der Waals surface area contributed by atoms with Crippen LogP contribution in [0.15, 0.2) is 24.5 Å². The Morgan fingerprint density at radius 3 is 2.94 bits per heavy atom. The number of aryl methyl sites for hydroxylation is 1. The van der Waals surface area contributed by atoms with E-state index in [1.165, 1.54) is 0 Å². The molecule has 0 unspecified atom stereocenters. The van der Waals surface area contributed by atoms with E-state index < -0.39 is 5.09 Å². The first kappa shape index (κ1) is 15.1. The number of carbonyl (C=O) groups is 1. The summed E-state index contributed by atoms with van der Waals surface area (Å²) in [6, 6.07) is 3.39. The van der Waals surface area contributed by atoms with E-state index in [1.807, 2.05) is 0 Å². The van der Waals surface area contributed by atoms with Crippen LogP contribution < -0.4 is 22.3 Å². The molecule has 0 aliphatic heterocycles. The average molecular weight is 262 g/mol. The Kier molecular flexibility index (Phi) is 6.57. The van der Waals surface area contributed by atoms with E-state index in [0.717, 1.165) is 0 Å². The van der Waals surface area contributed by atoms with Crippen molar-refractivity contribution in [2.45, 2.75) is 0 Å². The summed E-state index contributed by atoms with van der Waals surface area (Å²) in [6.07, 6.45) is 3.45. The fraction of sp³-hybridized carbons (Fsp3) is 0.333. The van der Waals surface area contributed by atoms with Gasteiger partial charge in [-0.1, -0.05) is 0 Å². The third-order valence-corrected chi connectivity index (χ3v) is 1.79. The molecular formula is C9H12ClN3O4. The molecule has 0 fully saturated rings. The van der Waals surface area contributed by atoms with E-state index >= 15 is 0 Å². The molecule has 1 amide bonds. The molecule has 0 aliphatic rings. The van der Waals surface area contributed by atoms with Crippen LogP contribution in [0.1, 0.15) is 10.4 Å². The first-order valence-electron chi connectivity index (χ1n) is 4.60. The number of nitrogens with one attached hydrogen (secondary N) is 1. The maximum absolute atomic E-state index is 11.5. The number of nitrogens with zero attached hydrogens (tertiary/aromatic N) is 2. The van der Waals surface area contributed by atoms with E-state index in [9.17, 15) is 14.9 Å². The molecule has 7 nitrogen and oxygen atoms in total. The summed E-state index contributed by atoms with van der Waals surface area (Å²) in [7, 11) is 1.80. The zero-order valence-electron chi connectivity index (χ0n) is 9.13. The number of hydrogen-bond donors (Lipinski definition) is 1. The summed E-state index contributed by atoms with van der Waals surface area (Å²) >= 11 is 0. The van der Waals surface area contributed by atoms with Gasteiger partial charge in [0.05, 0.1) is 0 Å². The topological polar surface area (TPSA) is 85.3 Å². The second-order valence-electron chi connectivity index (χ2n) is 3.07. The molecule has 1 rings (SSSR count). The first-order valence-corrected chi connectivity index (χ1v) is 4.60. The zero-order valence-corrected chi connectivity index (χ0v) is 9.88. The quantitative estimate of drug-likeness (QED) is 0.257. The minimum atomic E-state index is -0.894. The molecule has 0 aliphatic carbocycles. The van der Waals surface area contributed by atoms with Crippen LogP contribution in [0.25, 0.3) is 0 Å². The summed E-state index contributed by atoms with van der Waals surface area (Å²) in [4.78, 5) is 25.4. The molecule has 0 saturated carbocycles. The lowest BCUT2D eigenvalue weighted by Gasteiger charge is -2.02. The van der Waals surface area contributed by atoms with Crippen molar-refractivity contribution < 1.29 is 31.7 Å². The molecule has 0 atom stereocenters. The van der Waals surface area contributed by atoms with Gasteiger partial charge in [0.1, 0.15) is 19.2 Å². The number of carbonyl (C=O) groups excluding carboxylic acids is 1. The van der Waals surface area contributed by atoms with Crippen LogP contribution in [0.3, 0.4) is 0 Å². The predicted octanol–water partition coefficient (Wildman–Crippen LogP) is -3.55. The molecule has 1 aromatic heterocycles. The van der Waals surface area contributed by atoms with Gasteiger partial charge in [0.25, 0.3) is 11.0 Å². The Hall–Kier alpha value is -1.89. The molecule has 0 bridgehead atoms. The van der Waals surface area contributed by atoms with Gasteiger partial charge in [-0.05, 0) is 6.07 Å². The van der Waals surface area contributed by atoms with Gasteiger partial charge in [-0.2, -0.15) is 0 Å². The van der Waals surface area contributed by atoms with Gasteiger partial charge in [0.15, 0.2) is 12.4 Å². The van der Waals surface area contributed by atoms with E-state index in [4.69, 9.17) is 0 Å². The predicted molar refractivity (Wildman–Crippen MR) is 52.9 cm³/mol. The maximum atomic E-state index is 11.5. The van der Waals surface area contributed by atoms with Gasteiger partial charge in [0, 0.05) is 12.6 Å². The number of halogens is 1. The molecule has 94 valence electrons. The molecule has 0 aromatic carbocycles. The SMILES string of the molecule is C[n+]1cccc(C(=O)NCCO[N+](=O)[O-])c1.[Cl-]. The highest BCUT2D eigenvalue weighted by Crippen LogP contribution is 1.93. The zero-order chi connectivity index (χ0) is 12.0. The van der Waals surface area contributed by atoms with Crippen molar-refractivity contribution >= 4 is 5.91 Å². The van der Waals surface area contributed by atoms with Crippen molar-refractivity contribution in [1.29, 1.82) is 0 Å². The minimum Gasteiger partial charge on any atom is -1.00 e. The lowest BCUT2D eigenvalue weighted by molar-refractivity contribution is -0.757. The number of hydrogen-bond acceptors (Lipinski definition) is 4. The van der Waals surface area contributed by atoms with Gasteiger partial charge in [0.2, 0.25) is 0 Å². The van der Waals surface area contributed by atoms with Crippen LogP contribution in [0.5, 0.6) is 0 Å². The normalized spacial score (nSPS) is 9.00. The molecule has 0 radical (unpaired) electrons. The van der Waals surface area contributed by atoms with Crippen LogP contribution >= 0.6 is 0 Å². The van der Waals surface area contributed by atoms with Crippen LogP contribution in [0.2, 0.25) is 0 Å². The highest BCUT2D eigenvalue weighted by atomic mass is 35.5. The highest BCUT2D eigenvalue weighted by Gasteiger charge is 2.08. The van der Waals surface area contributed by atoms with E-state index in [0.29, 0.717) is 5.56 Å². The molecule has 1 heterocycles. The van der Waals surface area contributed by atoms with Crippen molar-refractivity contribution in [3.05, 3.63) is 40.2 Å². The number of amides is 1. The first-order chi connectivity index (χ1) is 7.59. The van der Waals surface area contributed by atoms with Gasteiger partial charge >= 0.3 is 0 Å². The third kappa shape index (κ3) is 5.67. The van der Waals surface area contributed by atoms with E-state index in [1.54, 1.807) is 36.1 Å². The molecule has 17 heavy (non-hydrogen) atoms. The van der Waals surface area contributed by atoms with Crippen LogP contribution in [-0.2, 0) is 11.9 Å². The minimum absolute atomic E-state index is 0. The van der Waals surface area contributed by atoms with Gasteiger partial charge in [-0.25, -0.2) is 4.57 Å². The maximum Gasteiger partial charge on any atom is 0.294 e. The summed E-state index contributed by atoms with van der Waals surface area (Å²) in [6.45, 7) is -0.0594. The van der Waals surface area contributed by atoms with Crippen molar-refractivity contribution in [1.82, 2.24) is 5.32 Å². The Balaban J connectivity index is 0.00000256. The van der Waals surface area contributed by atoms with Crippen molar-refractivity contribution in [3.63, 3.8) is 0 Å². The fourth-order valence-corrected chi connectivity index (χ4v) is 1.11. The monoisotopic (exact) mass is 261 g/mol. The number of pyridine rings is 1. The second kappa shape index (κ2) is 7.39.